The van der Waals surface area contributed by atoms with Gasteiger partial charge in [-0.2, -0.15) is 5.10 Å². The van der Waals surface area contributed by atoms with Gasteiger partial charge in [0.05, 0.1) is 31.6 Å². The molecule has 6 nitrogen and oxygen atoms in total. The van der Waals surface area contributed by atoms with E-state index < -0.39 is 0 Å². The summed E-state index contributed by atoms with van der Waals surface area (Å²) in [6.07, 6.45) is 3.28. The fraction of sp³-hybridized carbons (Fsp3) is 0.333. The van der Waals surface area contributed by atoms with E-state index in [0.29, 0.717) is 40.9 Å². The minimum Gasteiger partial charge on any atom is -0.494 e. The van der Waals surface area contributed by atoms with E-state index in [1.807, 2.05) is 13.8 Å². The predicted molar refractivity (Wildman–Crippen MR) is 111 cm³/mol. The van der Waals surface area contributed by atoms with Crippen LogP contribution in [0, 0.1) is 0 Å². The van der Waals surface area contributed by atoms with E-state index >= 15 is 0 Å². The summed E-state index contributed by atoms with van der Waals surface area (Å²) >= 11 is 6.27. The molecule has 0 heterocycles. The maximum absolute atomic E-state index is 12.2. The molecule has 0 unspecified atom stereocenters. The van der Waals surface area contributed by atoms with Gasteiger partial charge >= 0.3 is 0 Å². The molecule has 0 aliphatic heterocycles. The van der Waals surface area contributed by atoms with Crippen LogP contribution in [0.5, 0.6) is 17.2 Å². The normalized spacial score (nSPS) is 10.7. The number of carbonyl (C=O) groups is 1. The summed E-state index contributed by atoms with van der Waals surface area (Å²) < 4.78 is 16.4. The lowest BCUT2D eigenvalue weighted by atomic mass is 10.2. The molecule has 0 radical (unpaired) electrons. The Morgan fingerprint density at radius 2 is 1.79 bits per heavy atom. The van der Waals surface area contributed by atoms with Crippen LogP contribution in [0.25, 0.3) is 0 Å². The standard InChI is InChI=1S/C21H25ClN2O4/c1-4-10-27-17-8-6-16(7-9-17)21(25)24-23-14-15-12-18(22)20(28-11-5-2)19(13-15)26-3/h6-9,12-14H,4-5,10-11H2,1-3H3,(H,24,25)/b23-14+. The lowest BCUT2D eigenvalue weighted by Gasteiger charge is -2.12. The fourth-order valence-electron chi connectivity index (χ4n) is 2.31. The van der Waals surface area contributed by atoms with Crippen molar-refractivity contribution in [3.63, 3.8) is 0 Å². The molecule has 0 spiro atoms. The van der Waals surface area contributed by atoms with Gasteiger partial charge in [0.25, 0.3) is 5.91 Å². The number of hydrazone groups is 1. The molecule has 0 fully saturated rings. The number of halogens is 1. The van der Waals surface area contributed by atoms with Crippen molar-refractivity contribution >= 4 is 23.7 Å². The number of methoxy groups -OCH3 is 1. The first-order valence-electron chi connectivity index (χ1n) is 9.15. The molecule has 1 amide bonds. The second-order valence-corrected chi connectivity index (χ2v) is 6.36. The Balaban J connectivity index is 2.01. The first-order chi connectivity index (χ1) is 13.6. The first kappa shape index (κ1) is 21.6. The molecule has 2 aromatic rings. The van der Waals surface area contributed by atoms with Gasteiger partial charge in [-0.3, -0.25) is 4.79 Å². The van der Waals surface area contributed by atoms with Gasteiger partial charge in [0, 0.05) is 5.56 Å². The monoisotopic (exact) mass is 404 g/mol. The van der Waals surface area contributed by atoms with Gasteiger partial charge in [0.2, 0.25) is 0 Å². The molecule has 7 heteroatoms. The molecule has 1 N–H and O–H groups in total. The maximum Gasteiger partial charge on any atom is 0.271 e. The van der Waals surface area contributed by atoms with Crippen molar-refractivity contribution in [3.05, 3.63) is 52.5 Å². The van der Waals surface area contributed by atoms with Gasteiger partial charge < -0.3 is 14.2 Å². The van der Waals surface area contributed by atoms with Crippen molar-refractivity contribution in [2.24, 2.45) is 5.10 Å². The smallest absolute Gasteiger partial charge is 0.271 e. The number of rotatable bonds is 10. The third-order valence-electron chi connectivity index (χ3n) is 3.67. The lowest BCUT2D eigenvalue weighted by molar-refractivity contribution is 0.0955. The molecule has 0 aliphatic rings. The second-order valence-electron chi connectivity index (χ2n) is 5.95. The molecule has 0 aliphatic carbocycles. The Bertz CT molecular complexity index is 807. The quantitative estimate of drug-likeness (QED) is 0.460. The number of amides is 1. The highest BCUT2D eigenvalue weighted by molar-refractivity contribution is 6.32. The van der Waals surface area contributed by atoms with E-state index in [-0.39, 0.29) is 5.91 Å². The van der Waals surface area contributed by atoms with Crippen molar-refractivity contribution in [3.8, 4) is 17.2 Å². The predicted octanol–water partition coefficient (Wildman–Crippen LogP) is 4.69. The maximum atomic E-state index is 12.2. The zero-order chi connectivity index (χ0) is 20.4. The van der Waals surface area contributed by atoms with Crippen LogP contribution in [0.2, 0.25) is 5.02 Å². The average molecular weight is 405 g/mol. The molecule has 0 atom stereocenters. The zero-order valence-electron chi connectivity index (χ0n) is 16.3. The van der Waals surface area contributed by atoms with Crippen LogP contribution in [0.15, 0.2) is 41.5 Å². The summed E-state index contributed by atoms with van der Waals surface area (Å²) in [6, 6.07) is 10.3. The van der Waals surface area contributed by atoms with Crippen LogP contribution in [0.1, 0.15) is 42.6 Å². The minimum atomic E-state index is -0.320. The van der Waals surface area contributed by atoms with Crippen LogP contribution >= 0.6 is 11.6 Å². The number of carbonyl (C=O) groups excluding carboxylic acids is 1. The van der Waals surface area contributed by atoms with Gasteiger partial charge in [0.15, 0.2) is 11.5 Å². The molecule has 150 valence electrons. The number of hydrogen-bond donors (Lipinski definition) is 1. The average Bonchev–Trinajstić information content (AvgIpc) is 2.71. The van der Waals surface area contributed by atoms with Crippen molar-refractivity contribution in [2.45, 2.75) is 26.7 Å². The topological polar surface area (TPSA) is 69.2 Å². The number of ether oxygens (including phenoxy) is 3. The van der Waals surface area contributed by atoms with Gasteiger partial charge in [-0.1, -0.05) is 25.4 Å². The van der Waals surface area contributed by atoms with Gasteiger partial charge in [0.1, 0.15) is 5.75 Å². The Kier molecular flexibility index (Phi) is 8.62. The lowest BCUT2D eigenvalue weighted by Crippen LogP contribution is -2.17. The zero-order valence-corrected chi connectivity index (χ0v) is 17.1. The summed E-state index contributed by atoms with van der Waals surface area (Å²) in [4.78, 5) is 12.2. The molecular formula is C21H25ClN2O4. The third kappa shape index (κ3) is 6.16. The second kappa shape index (κ2) is 11.2. The highest BCUT2D eigenvalue weighted by atomic mass is 35.5. The summed E-state index contributed by atoms with van der Waals surface area (Å²) in [5.41, 5.74) is 3.65. The van der Waals surface area contributed by atoms with E-state index in [1.54, 1.807) is 43.5 Å². The first-order valence-corrected chi connectivity index (χ1v) is 9.53. The Morgan fingerprint density at radius 1 is 1.11 bits per heavy atom. The highest BCUT2D eigenvalue weighted by Gasteiger charge is 2.11. The van der Waals surface area contributed by atoms with Crippen LogP contribution < -0.4 is 19.6 Å². The van der Waals surface area contributed by atoms with Crippen LogP contribution in [0.4, 0.5) is 0 Å². The van der Waals surface area contributed by atoms with Crippen LogP contribution in [-0.2, 0) is 0 Å². The van der Waals surface area contributed by atoms with Crippen LogP contribution in [0.3, 0.4) is 0 Å². The largest absolute Gasteiger partial charge is 0.494 e. The number of nitrogens with one attached hydrogen (secondary N) is 1. The van der Waals surface area contributed by atoms with Gasteiger partial charge in [-0.05, 0) is 54.8 Å². The van der Waals surface area contributed by atoms with Crippen molar-refractivity contribution in [1.82, 2.24) is 5.43 Å². The van der Waals surface area contributed by atoms with E-state index in [4.69, 9.17) is 25.8 Å². The minimum absolute atomic E-state index is 0.320. The van der Waals surface area contributed by atoms with Gasteiger partial charge in [-0.15, -0.1) is 0 Å². The molecule has 0 bridgehead atoms. The Morgan fingerprint density at radius 3 is 2.43 bits per heavy atom. The number of nitrogens with zero attached hydrogens (tertiary/aromatic N) is 1. The Hall–Kier alpha value is -2.73. The van der Waals surface area contributed by atoms with Gasteiger partial charge in [-0.25, -0.2) is 5.43 Å². The SMILES string of the molecule is CCCOc1ccc(C(=O)N/N=C/c2cc(Cl)c(OCCC)c(OC)c2)cc1. The number of hydrogen-bond acceptors (Lipinski definition) is 5. The van der Waals surface area contributed by atoms with Crippen molar-refractivity contribution in [2.75, 3.05) is 20.3 Å². The summed E-state index contributed by atoms with van der Waals surface area (Å²) in [5, 5.41) is 4.41. The molecule has 0 aromatic heterocycles. The molecular weight excluding hydrogens is 380 g/mol. The van der Waals surface area contributed by atoms with E-state index in [1.165, 1.54) is 6.21 Å². The summed E-state index contributed by atoms with van der Waals surface area (Å²) in [6.45, 7) is 5.23. The van der Waals surface area contributed by atoms with Crippen LogP contribution in [-0.4, -0.2) is 32.4 Å². The molecule has 28 heavy (non-hydrogen) atoms. The molecule has 0 saturated heterocycles. The van der Waals surface area contributed by atoms with Crippen molar-refractivity contribution in [1.29, 1.82) is 0 Å². The fourth-order valence-corrected chi connectivity index (χ4v) is 2.58. The molecule has 2 rings (SSSR count). The van der Waals surface area contributed by atoms with Crippen molar-refractivity contribution < 1.29 is 19.0 Å². The Labute approximate surface area is 170 Å². The van der Waals surface area contributed by atoms with E-state index in [9.17, 15) is 4.79 Å². The third-order valence-corrected chi connectivity index (χ3v) is 3.95. The molecule has 2 aromatic carbocycles. The molecule has 0 saturated carbocycles. The van der Waals surface area contributed by atoms with E-state index in [2.05, 4.69) is 10.5 Å². The highest BCUT2D eigenvalue weighted by Crippen LogP contribution is 2.36. The summed E-state index contributed by atoms with van der Waals surface area (Å²) in [7, 11) is 1.54. The van der Waals surface area contributed by atoms with E-state index in [0.717, 1.165) is 18.6 Å². The summed E-state index contributed by atoms with van der Waals surface area (Å²) in [5.74, 6) is 1.42. The number of benzene rings is 2.